The van der Waals surface area contributed by atoms with E-state index < -0.39 is 16.9 Å². The van der Waals surface area contributed by atoms with Gasteiger partial charge in [-0.25, -0.2) is 0 Å². The van der Waals surface area contributed by atoms with Gasteiger partial charge >= 0.3 is 8.56 Å². The maximum atomic E-state index is 10.7. The smallest absolute Gasteiger partial charge is 0.356 e. The van der Waals surface area contributed by atoms with Gasteiger partial charge in [0.15, 0.2) is 0 Å². The highest BCUT2D eigenvalue weighted by Gasteiger charge is 2.38. The summed E-state index contributed by atoms with van der Waals surface area (Å²) >= 11 is 0. The molecule has 0 fully saturated rings. The normalized spacial score (nSPS) is 14.9. The first-order chi connectivity index (χ1) is 8.92. The first kappa shape index (κ1) is 14.2. The molecule has 19 heavy (non-hydrogen) atoms. The molecule has 0 saturated heterocycles. The summed E-state index contributed by atoms with van der Waals surface area (Å²) < 4.78 is 6.23. The lowest BCUT2D eigenvalue weighted by Gasteiger charge is -2.32. The fourth-order valence-corrected chi connectivity index (χ4v) is 8.93. The van der Waals surface area contributed by atoms with Crippen LogP contribution in [0.1, 0.15) is 0 Å². The van der Waals surface area contributed by atoms with Crippen LogP contribution in [0, 0.1) is 0 Å². The molecule has 0 aliphatic heterocycles. The second kappa shape index (κ2) is 5.42. The summed E-state index contributed by atoms with van der Waals surface area (Å²) in [5.74, 6) is 0. The predicted octanol–water partition coefficient (Wildman–Crippen LogP) is 2.09. The standard InChI is InChI=1S/C15H20O2Si2/c1-18(2,14-10-6-4-7-11-14)17-19(3,16)15-12-8-5-9-13-15/h4-13,16H,1-3H3. The predicted molar refractivity (Wildman–Crippen MR) is 84.6 cm³/mol. The quantitative estimate of drug-likeness (QED) is 0.873. The molecule has 0 aromatic heterocycles. The highest BCUT2D eigenvalue weighted by molar-refractivity contribution is 6.94. The van der Waals surface area contributed by atoms with Crippen LogP contribution in [0.4, 0.5) is 0 Å². The van der Waals surface area contributed by atoms with Gasteiger partial charge in [0.2, 0.25) is 8.32 Å². The zero-order valence-corrected chi connectivity index (χ0v) is 13.6. The Morgan fingerprint density at radius 1 is 0.737 bits per heavy atom. The maximum Gasteiger partial charge on any atom is 0.356 e. The van der Waals surface area contributed by atoms with Gasteiger partial charge in [0.05, 0.1) is 0 Å². The van der Waals surface area contributed by atoms with Gasteiger partial charge in [-0.05, 0) is 30.0 Å². The van der Waals surface area contributed by atoms with Crippen molar-refractivity contribution < 1.29 is 8.91 Å². The van der Waals surface area contributed by atoms with Crippen LogP contribution in [0.2, 0.25) is 19.6 Å². The number of hydrogen-bond donors (Lipinski definition) is 1. The molecule has 1 unspecified atom stereocenters. The third kappa shape index (κ3) is 3.42. The monoisotopic (exact) mass is 288 g/mol. The van der Waals surface area contributed by atoms with E-state index in [4.69, 9.17) is 4.12 Å². The lowest BCUT2D eigenvalue weighted by Crippen LogP contribution is -2.59. The summed E-state index contributed by atoms with van der Waals surface area (Å²) in [5.41, 5.74) is 0. The van der Waals surface area contributed by atoms with Crippen LogP contribution < -0.4 is 10.4 Å². The maximum absolute atomic E-state index is 10.7. The summed E-state index contributed by atoms with van der Waals surface area (Å²) in [6, 6.07) is 19.9. The van der Waals surface area contributed by atoms with E-state index in [-0.39, 0.29) is 0 Å². The van der Waals surface area contributed by atoms with Crippen molar-refractivity contribution in [2.45, 2.75) is 19.6 Å². The molecule has 4 heteroatoms. The summed E-state index contributed by atoms with van der Waals surface area (Å²) in [6.07, 6.45) is 0. The van der Waals surface area contributed by atoms with E-state index in [0.29, 0.717) is 0 Å². The van der Waals surface area contributed by atoms with Crippen molar-refractivity contribution in [3.05, 3.63) is 60.7 Å². The highest BCUT2D eigenvalue weighted by Crippen LogP contribution is 2.13. The lowest BCUT2D eigenvalue weighted by molar-refractivity contribution is 0.401. The van der Waals surface area contributed by atoms with E-state index in [0.717, 1.165) is 5.19 Å². The fourth-order valence-electron chi connectivity index (χ4n) is 2.20. The summed E-state index contributed by atoms with van der Waals surface area (Å²) in [4.78, 5) is 10.7. The number of benzene rings is 2. The second-order valence-electron chi connectivity index (χ2n) is 5.33. The summed E-state index contributed by atoms with van der Waals surface area (Å²) in [6.45, 7) is 6.11. The third-order valence-corrected chi connectivity index (χ3v) is 9.99. The average Bonchev–Trinajstić information content (AvgIpc) is 2.40. The van der Waals surface area contributed by atoms with Gasteiger partial charge in [-0.15, -0.1) is 0 Å². The van der Waals surface area contributed by atoms with Crippen molar-refractivity contribution in [2.75, 3.05) is 0 Å². The Balaban J connectivity index is 2.25. The van der Waals surface area contributed by atoms with Gasteiger partial charge in [0.1, 0.15) is 0 Å². The molecule has 0 radical (unpaired) electrons. The molecule has 2 aromatic carbocycles. The third-order valence-electron chi connectivity index (χ3n) is 3.23. The summed E-state index contributed by atoms with van der Waals surface area (Å²) in [7, 11) is -4.92. The molecule has 0 aliphatic rings. The van der Waals surface area contributed by atoms with Gasteiger partial charge in [-0.2, -0.15) is 0 Å². The molecule has 0 amide bonds. The molecule has 0 saturated carbocycles. The SMILES string of the molecule is C[Si](C)(O[Si](C)(O)c1ccccc1)c1ccccc1. The Bertz CT molecular complexity index is 475. The largest absolute Gasteiger partial charge is 0.429 e. The molecule has 1 atom stereocenters. The minimum atomic E-state index is -2.84. The van der Waals surface area contributed by atoms with Gasteiger partial charge in [-0.3, -0.25) is 0 Å². The van der Waals surface area contributed by atoms with E-state index in [1.807, 2.05) is 55.1 Å². The zero-order valence-electron chi connectivity index (χ0n) is 11.6. The van der Waals surface area contributed by atoms with Gasteiger partial charge in [0.25, 0.3) is 0 Å². The van der Waals surface area contributed by atoms with Crippen molar-refractivity contribution in [3.63, 3.8) is 0 Å². The molecule has 2 nitrogen and oxygen atoms in total. The molecule has 0 aliphatic carbocycles. The minimum Gasteiger partial charge on any atom is -0.429 e. The van der Waals surface area contributed by atoms with Crippen molar-refractivity contribution >= 4 is 27.3 Å². The topological polar surface area (TPSA) is 29.5 Å². The van der Waals surface area contributed by atoms with Crippen molar-refractivity contribution in [1.82, 2.24) is 0 Å². The van der Waals surface area contributed by atoms with Crippen LogP contribution in [-0.2, 0) is 4.12 Å². The first-order valence-corrected chi connectivity index (χ1v) is 11.7. The Kier molecular flexibility index (Phi) is 4.06. The van der Waals surface area contributed by atoms with Crippen molar-refractivity contribution in [3.8, 4) is 0 Å². The Morgan fingerprint density at radius 3 is 1.63 bits per heavy atom. The Hall–Kier alpha value is -1.21. The molecule has 0 heterocycles. The average molecular weight is 288 g/mol. The van der Waals surface area contributed by atoms with Crippen LogP contribution >= 0.6 is 0 Å². The van der Waals surface area contributed by atoms with Crippen LogP contribution in [0.15, 0.2) is 60.7 Å². The van der Waals surface area contributed by atoms with Crippen molar-refractivity contribution in [1.29, 1.82) is 0 Å². The first-order valence-electron chi connectivity index (χ1n) is 6.45. The van der Waals surface area contributed by atoms with Gasteiger partial charge < -0.3 is 8.91 Å². The van der Waals surface area contributed by atoms with Crippen LogP contribution in [0.3, 0.4) is 0 Å². The fraction of sp³-hybridized carbons (Fsp3) is 0.200. The van der Waals surface area contributed by atoms with E-state index in [1.165, 1.54) is 5.19 Å². The molecule has 100 valence electrons. The molecule has 2 aromatic rings. The number of rotatable bonds is 4. The molecule has 2 rings (SSSR count). The Morgan fingerprint density at radius 2 is 1.16 bits per heavy atom. The molecular formula is C15H20O2Si2. The van der Waals surface area contributed by atoms with Crippen LogP contribution in [-0.4, -0.2) is 21.7 Å². The molecular weight excluding hydrogens is 268 g/mol. The zero-order chi connectivity index (χ0) is 13.9. The second-order valence-corrected chi connectivity index (χ2v) is 12.3. The van der Waals surface area contributed by atoms with E-state index in [1.54, 1.807) is 0 Å². The Labute approximate surface area is 117 Å². The van der Waals surface area contributed by atoms with Crippen LogP contribution in [0.25, 0.3) is 0 Å². The lowest BCUT2D eigenvalue weighted by atomic mass is 10.4. The van der Waals surface area contributed by atoms with Crippen LogP contribution in [0.5, 0.6) is 0 Å². The molecule has 1 N–H and O–H groups in total. The van der Waals surface area contributed by atoms with E-state index in [9.17, 15) is 4.80 Å². The van der Waals surface area contributed by atoms with E-state index >= 15 is 0 Å². The summed E-state index contributed by atoms with van der Waals surface area (Å²) in [5, 5.41) is 2.13. The number of hydrogen-bond acceptors (Lipinski definition) is 2. The minimum absolute atomic E-state index is 0.923. The van der Waals surface area contributed by atoms with Gasteiger partial charge in [0, 0.05) is 0 Å². The molecule has 0 bridgehead atoms. The highest BCUT2D eigenvalue weighted by atomic mass is 28.4. The molecule has 0 spiro atoms. The van der Waals surface area contributed by atoms with E-state index in [2.05, 4.69) is 25.2 Å². The van der Waals surface area contributed by atoms with Crippen molar-refractivity contribution in [2.24, 2.45) is 0 Å². The van der Waals surface area contributed by atoms with Gasteiger partial charge in [-0.1, -0.05) is 60.7 Å².